The highest BCUT2D eigenvalue weighted by atomic mass is 16.8. The Balaban J connectivity index is 1.11. The lowest BCUT2D eigenvalue weighted by atomic mass is 9.46. The predicted octanol–water partition coefficient (Wildman–Crippen LogP) is 8.79. The third kappa shape index (κ3) is 13.3. The maximum Gasteiger partial charge on any atom is 0.509 e. The molecule has 2 bridgehead atoms. The Morgan fingerprint density at radius 3 is 2.15 bits per heavy atom. The smallest absolute Gasteiger partial charge is 0.455 e. The van der Waals surface area contributed by atoms with E-state index < -0.39 is 107 Å². The molecule has 0 spiro atoms. The van der Waals surface area contributed by atoms with Crippen LogP contribution in [-0.4, -0.2) is 124 Å². The first-order valence-corrected chi connectivity index (χ1v) is 26.7. The number of benzene rings is 1. The Morgan fingerprint density at radius 1 is 0.889 bits per heavy atom. The molecule has 1 amide bonds. The summed E-state index contributed by atoms with van der Waals surface area (Å²) in [5.41, 5.74) is -6.65. The minimum absolute atomic E-state index is 0.0358. The summed E-state index contributed by atoms with van der Waals surface area (Å²) >= 11 is 0. The van der Waals surface area contributed by atoms with Crippen molar-refractivity contribution >= 4 is 24.0 Å². The average molecular weight is 1010 g/mol. The van der Waals surface area contributed by atoms with Crippen molar-refractivity contribution in [3.63, 3.8) is 0 Å². The van der Waals surface area contributed by atoms with Gasteiger partial charge < -0.3 is 58.9 Å². The number of ketones is 1. The minimum Gasteiger partial charge on any atom is -0.455 e. The number of amides is 1. The lowest BCUT2D eigenvalue weighted by molar-refractivity contribution is -0.323. The van der Waals surface area contributed by atoms with Crippen molar-refractivity contribution in [2.45, 2.75) is 230 Å². The number of aliphatic hydroxyl groups is 4. The topological polar surface area (TPSA) is 226 Å². The standard InChI is InChI=1S/C56H85NO15/c1-9-10-11-12-13-14-15-16-17-18-19-20-21-22-26-29-43-66-33-38(69-43)34-67-51(63)71-47(45(37-27-24-23-25-28-37)57-50(62)72-52(3,4)5)49(61)70-39-31-55(64)32-40-54(8,41(58)30-42-56(40,65)35-68-42)48(60)46(59)44(36(39)2)53(55,6)7/h16-17,23-25,27-28,38-43,45-47,58-59,64-65H,9-15,18-22,26,29-35H2,1-8H3,(H,57,62)/b17-16-/t38?,39-,40-,41-,42+,43?,45-,46+,47+,54-,55+,56+/m0/s1. The van der Waals surface area contributed by atoms with Gasteiger partial charge in [-0.05, 0) is 96.3 Å². The molecule has 2 aliphatic heterocycles. The van der Waals surface area contributed by atoms with Gasteiger partial charge >= 0.3 is 18.2 Å². The highest BCUT2D eigenvalue weighted by Crippen LogP contribution is 2.62. The summed E-state index contributed by atoms with van der Waals surface area (Å²) in [5.74, 6) is -2.95. The molecule has 4 fully saturated rings. The third-order valence-corrected chi connectivity index (χ3v) is 16.1. The van der Waals surface area contributed by atoms with Gasteiger partial charge in [-0.3, -0.25) is 4.79 Å². The van der Waals surface area contributed by atoms with Gasteiger partial charge in [0.25, 0.3) is 0 Å². The monoisotopic (exact) mass is 1010 g/mol. The second kappa shape index (κ2) is 24.6. The van der Waals surface area contributed by atoms with Crippen molar-refractivity contribution in [3.05, 3.63) is 59.2 Å². The van der Waals surface area contributed by atoms with E-state index >= 15 is 0 Å². The number of allylic oxidation sites excluding steroid dienone is 2. The largest absolute Gasteiger partial charge is 0.509 e. The summed E-state index contributed by atoms with van der Waals surface area (Å²) in [6.45, 7) is 13.5. The number of aliphatic hydroxyl groups excluding tert-OH is 2. The number of hydrogen-bond donors (Lipinski definition) is 5. The molecular formula is C56H85NO15. The molecule has 0 aromatic heterocycles. The fourth-order valence-corrected chi connectivity index (χ4v) is 11.6. The maximum atomic E-state index is 14.8. The molecule has 5 N–H and O–H groups in total. The van der Waals surface area contributed by atoms with Crippen LogP contribution in [0.1, 0.15) is 176 Å². The summed E-state index contributed by atoms with van der Waals surface area (Å²) in [5, 5.41) is 51.0. The number of nitrogens with one attached hydrogen (secondary N) is 1. The number of rotatable bonds is 23. The third-order valence-electron chi connectivity index (χ3n) is 16.1. The van der Waals surface area contributed by atoms with Crippen LogP contribution < -0.4 is 5.32 Å². The van der Waals surface area contributed by atoms with Crippen molar-refractivity contribution in [1.29, 1.82) is 0 Å². The van der Waals surface area contributed by atoms with E-state index in [-0.39, 0.29) is 50.2 Å². The molecule has 0 radical (unpaired) electrons. The van der Waals surface area contributed by atoms with Crippen LogP contribution in [-0.2, 0) is 42.7 Å². The van der Waals surface area contributed by atoms with Gasteiger partial charge in [0.2, 0.25) is 6.10 Å². The molecular weight excluding hydrogens is 927 g/mol. The maximum absolute atomic E-state index is 14.8. The number of esters is 1. The van der Waals surface area contributed by atoms with Gasteiger partial charge in [-0.1, -0.05) is 115 Å². The number of ether oxygens (including phenoxy) is 7. The molecule has 3 aliphatic carbocycles. The number of alkyl carbamates (subject to hydrolysis) is 1. The molecule has 16 heteroatoms. The number of unbranched alkanes of at least 4 members (excludes halogenated alkanes) is 11. The van der Waals surface area contributed by atoms with Crippen LogP contribution in [0.2, 0.25) is 0 Å². The number of hydrogen-bond acceptors (Lipinski definition) is 15. The molecule has 2 unspecified atom stereocenters. The van der Waals surface area contributed by atoms with Gasteiger partial charge in [-0.15, -0.1) is 0 Å². The Kier molecular flexibility index (Phi) is 19.6. The van der Waals surface area contributed by atoms with Crippen LogP contribution >= 0.6 is 0 Å². The summed E-state index contributed by atoms with van der Waals surface area (Å²) < 4.78 is 40.6. The van der Waals surface area contributed by atoms with E-state index in [9.17, 15) is 39.6 Å². The van der Waals surface area contributed by atoms with Crippen molar-refractivity contribution in [1.82, 2.24) is 5.32 Å². The molecule has 5 aliphatic rings. The van der Waals surface area contributed by atoms with E-state index in [1.165, 1.54) is 58.3 Å². The number of carbonyl (C=O) groups excluding carboxylic acids is 4. The molecule has 2 saturated carbocycles. The van der Waals surface area contributed by atoms with E-state index in [2.05, 4.69) is 24.4 Å². The number of fused-ring (bicyclic) bond motifs is 5. The highest BCUT2D eigenvalue weighted by molar-refractivity contribution is 5.93. The summed E-state index contributed by atoms with van der Waals surface area (Å²) in [6.07, 6.45) is 9.96. The van der Waals surface area contributed by atoms with Gasteiger partial charge in [0, 0.05) is 24.2 Å². The van der Waals surface area contributed by atoms with E-state index in [0.717, 1.165) is 32.1 Å². The normalized spacial score (nSPS) is 31.8. The van der Waals surface area contributed by atoms with Crippen LogP contribution in [0.15, 0.2) is 53.6 Å². The number of Topliss-reactive ketones (excluding diaryl/α,β-unsaturated/α-hetero) is 1. The zero-order chi connectivity index (χ0) is 52.5. The summed E-state index contributed by atoms with van der Waals surface area (Å²) in [6, 6.07) is 6.91. The van der Waals surface area contributed by atoms with Crippen molar-refractivity contribution in [3.8, 4) is 0 Å². The van der Waals surface area contributed by atoms with E-state index in [1.807, 2.05) is 0 Å². The molecule has 6 rings (SSSR count). The quantitative estimate of drug-likeness (QED) is 0.0299. The second-order valence-corrected chi connectivity index (χ2v) is 22.8. The Labute approximate surface area is 426 Å². The van der Waals surface area contributed by atoms with Crippen molar-refractivity contribution < 1.29 is 72.8 Å². The van der Waals surface area contributed by atoms with Gasteiger partial charge in [-0.25, -0.2) is 14.4 Å². The van der Waals surface area contributed by atoms with Gasteiger partial charge in [0.1, 0.15) is 42.2 Å². The van der Waals surface area contributed by atoms with E-state index in [1.54, 1.807) is 71.9 Å². The van der Waals surface area contributed by atoms with Crippen molar-refractivity contribution in [2.75, 3.05) is 19.8 Å². The first kappa shape index (κ1) is 57.4. The van der Waals surface area contributed by atoms with Crippen LogP contribution in [0, 0.1) is 16.7 Å². The first-order chi connectivity index (χ1) is 34.1. The first-order valence-electron chi connectivity index (χ1n) is 26.7. The van der Waals surface area contributed by atoms with Crippen LogP contribution in [0.5, 0.6) is 0 Å². The lowest BCUT2D eigenvalue weighted by Crippen LogP contribution is -2.76. The Hall–Kier alpha value is -3.90. The molecule has 2 saturated heterocycles. The zero-order valence-electron chi connectivity index (χ0n) is 44.2. The van der Waals surface area contributed by atoms with Crippen LogP contribution in [0.4, 0.5) is 9.59 Å². The summed E-state index contributed by atoms with van der Waals surface area (Å²) in [7, 11) is 0. The second-order valence-electron chi connectivity index (χ2n) is 22.8. The predicted molar refractivity (Wildman–Crippen MR) is 267 cm³/mol. The SMILES string of the molecule is CCCCCCCC/C=C\CCCCCCCC1OCC(COC(=O)O[C@@H](C(=O)O[C@H]2C[C@@]3(O)C[C@@H]4[C@]5(O)CO[C@@H]5C[C@H](O)[C@@]4(C)C(=O)[C@H](O)C(=C2C)C3(C)C)[C@@H](NC(=O)OC(C)(C)C)c2ccccc2)O1. The molecule has 404 valence electrons. The van der Waals surface area contributed by atoms with E-state index in [0.29, 0.717) is 12.0 Å². The molecule has 1 aromatic carbocycles. The van der Waals surface area contributed by atoms with E-state index in [4.69, 9.17) is 33.2 Å². The minimum atomic E-state index is -1.91. The lowest BCUT2D eigenvalue weighted by Gasteiger charge is -2.65. The zero-order valence-corrected chi connectivity index (χ0v) is 44.2. The Morgan fingerprint density at radius 2 is 1.53 bits per heavy atom. The average Bonchev–Trinajstić information content (AvgIpc) is 3.78. The molecule has 12 atom stereocenters. The number of carbonyl (C=O) groups is 4. The molecule has 72 heavy (non-hydrogen) atoms. The molecule has 2 heterocycles. The molecule has 1 aromatic rings. The van der Waals surface area contributed by atoms with Gasteiger partial charge in [-0.2, -0.15) is 0 Å². The fraction of sp³-hybridized carbons (Fsp3) is 0.750. The van der Waals surface area contributed by atoms with Crippen LogP contribution in [0.25, 0.3) is 0 Å². The van der Waals surface area contributed by atoms with Crippen molar-refractivity contribution in [2.24, 2.45) is 16.7 Å². The Bertz CT molecular complexity index is 2050. The van der Waals surface area contributed by atoms with Gasteiger partial charge in [0.15, 0.2) is 12.1 Å². The highest BCUT2D eigenvalue weighted by Gasteiger charge is 2.72. The summed E-state index contributed by atoms with van der Waals surface area (Å²) in [4.78, 5) is 56.5. The van der Waals surface area contributed by atoms with Gasteiger partial charge in [0.05, 0.1) is 36.4 Å². The molecule has 16 nitrogen and oxygen atoms in total. The fourth-order valence-electron chi connectivity index (χ4n) is 11.6. The van der Waals surface area contributed by atoms with Crippen LogP contribution in [0.3, 0.4) is 0 Å².